The van der Waals surface area contributed by atoms with Crippen LogP contribution in [0.3, 0.4) is 0 Å². The molecule has 0 atom stereocenters. The summed E-state index contributed by atoms with van der Waals surface area (Å²) in [6.07, 6.45) is 0. The molecule has 1 aromatic heterocycles. The Bertz CT molecular complexity index is 598. The van der Waals surface area contributed by atoms with E-state index >= 15 is 0 Å². The summed E-state index contributed by atoms with van der Waals surface area (Å²) in [6.45, 7) is 1.60. The van der Waals surface area contributed by atoms with Crippen molar-refractivity contribution < 1.29 is 14.9 Å². The number of hydrogen-bond donors (Lipinski definition) is 3. The minimum absolute atomic E-state index is 0.0398. The maximum absolute atomic E-state index is 9.06. The largest absolute Gasteiger partial charge is 0.497 e. The highest BCUT2D eigenvalue weighted by Crippen LogP contribution is 2.23. The molecule has 2 rings (SSSR count). The van der Waals surface area contributed by atoms with Gasteiger partial charge in [0.05, 0.1) is 25.8 Å². The predicted octanol–water partition coefficient (Wildman–Crippen LogP) is 0.612. The van der Waals surface area contributed by atoms with Crippen LogP contribution in [-0.2, 0) is 6.54 Å². The van der Waals surface area contributed by atoms with Crippen molar-refractivity contribution in [2.24, 2.45) is 0 Å². The van der Waals surface area contributed by atoms with Crippen molar-refractivity contribution in [3.05, 3.63) is 29.8 Å². The Labute approximate surface area is 123 Å². The Morgan fingerprint density at radius 3 is 2.52 bits per heavy atom. The first kappa shape index (κ1) is 15.5. The lowest BCUT2D eigenvalue weighted by Crippen LogP contribution is -2.29. The summed E-state index contributed by atoms with van der Waals surface area (Å²) in [4.78, 5) is 6.34. The Balaban J connectivity index is 2.29. The summed E-state index contributed by atoms with van der Waals surface area (Å²) in [5.74, 6) is 1.20. The predicted molar refractivity (Wildman–Crippen MR) is 82.2 cm³/mol. The van der Waals surface area contributed by atoms with Gasteiger partial charge in [0.15, 0.2) is 0 Å². The van der Waals surface area contributed by atoms with Gasteiger partial charge in [-0.15, -0.1) is 0 Å². The van der Waals surface area contributed by atoms with Crippen molar-refractivity contribution >= 4 is 16.7 Å². The number of aliphatic hydroxyl groups excluding tert-OH is 2. The van der Waals surface area contributed by atoms with E-state index in [1.54, 1.807) is 7.11 Å². The number of aliphatic hydroxyl groups is 2. The zero-order valence-electron chi connectivity index (χ0n) is 12.1. The minimum atomic E-state index is 0.0398. The molecule has 0 aliphatic heterocycles. The normalized spacial score (nSPS) is 11.2. The van der Waals surface area contributed by atoms with Crippen molar-refractivity contribution in [1.82, 2.24) is 9.88 Å². The first-order valence-corrected chi connectivity index (χ1v) is 6.85. The average molecular weight is 291 g/mol. The highest BCUT2D eigenvalue weighted by molar-refractivity contribution is 5.82. The highest BCUT2D eigenvalue weighted by atomic mass is 16.5. The third kappa shape index (κ3) is 3.81. The molecule has 4 N–H and O–H groups in total. The van der Waals surface area contributed by atoms with Gasteiger partial charge in [-0.05, 0) is 18.2 Å². The number of hydrogen-bond acceptors (Lipinski definition) is 6. The van der Waals surface area contributed by atoms with E-state index < -0.39 is 0 Å². The maximum atomic E-state index is 9.06. The molecule has 0 spiro atoms. The Morgan fingerprint density at radius 1 is 1.19 bits per heavy atom. The average Bonchev–Trinajstić information content (AvgIpc) is 2.48. The number of ether oxygens (including phenoxy) is 1. The van der Waals surface area contributed by atoms with Gasteiger partial charge in [0.2, 0.25) is 0 Å². The number of benzene rings is 1. The molecule has 21 heavy (non-hydrogen) atoms. The number of rotatable bonds is 7. The SMILES string of the molecule is COc1ccc2cc(CN(CCO)CCO)c(N)nc2c1. The number of fused-ring (bicyclic) bond motifs is 1. The third-order valence-corrected chi connectivity index (χ3v) is 3.36. The van der Waals surface area contributed by atoms with Gasteiger partial charge in [0.25, 0.3) is 0 Å². The number of methoxy groups -OCH3 is 1. The second kappa shape index (κ2) is 7.21. The summed E-state index contributed by atoms with van der Waals surface area (Å²) < 4.78 is 5.18. The van der Waals surface area contributed by atoms with E-state index in [2.05, 4.69) is 4.98 Å². The van der Waals surface area contributed by atoms with Gasteiger partial charge in [-0.2, -0.15) is 0 Å². The fraction of sp³-hybridized carbons (Fsp3) is 0.400. The molecule has 1 aromatic carbocycles. The monoisotopic (exact) mass is 291 g/mol. The molecule has 114 valence electrons. The molecule has 0 radical (unpaired) electrons. The summed E-state index contributed by atoms with van der Waals surface area (Å²) in [5.41, 5.74) is 7.68. The molecule has 0 aliphatic carbocycles. The molecule has 6 heteroatoms. The van der Waals surface area contributed by atoms with Crippen molar-refractivity contribution in [3.8, 4) is 5.75 Å². The molecule has 0 unspecified atom stereocenters. The lowest BCUT2D eigenvalue weighted by Gasteiger charge is -2.21. The van der Waals surface area contributed by atoms with E-state index in [0.717, 1.165) is 22.2 Å². The fourth-order valence-electron chi connectivity index (χ4n) is 2.25. The molecular weight excluding hydrogens is 270 g/mol. The Kier molecular flexibility index (Phi) is 5.32. The van der Waals surface area contributed by atoms with Crippen LogP contribution in [0.1, 0.15) is 5.56 Å². The molecule has 0 saturated carbocycles. The van der Waals surface area contributed by atoms with E-state index in [4.69, 9.17) is 20.7 Å². The van der Waals surface area contributed by atoms with Gasteiger partial charge in [-0.1, -0.05) is 0 Å². The van der Waals surface area contributed by atoms with Crippen LogP contribution >= 0.6 is 0 Å². The second-order valence-corrected chi connectivity index (χ2v) is 4.81. The van der Waals surface area contributed by atoms with E-state index in [-0.39, 0.29) is 13.2 Å². The number of nitrogens with two attached hydrogens (primary N) is 1. The van der Waals surface area contributed by atoms with Crippen LogP contribution in [0.5, 0.6) is 5.75 Å². The van der Waals surface area contributed by atoms with Crippen molar-refractivity contribution in [2.75, 3.05) is 39.1 Å². The van der Waals surface area contributed by atoms with E-state index in [1.165, 1.54) is 0 Å². The molecule has 0 aliphatic rings. The number of anilines is 1. The van der Waals surface area contributed by atoms with Crippen LogP contribution in [0.2, 0.25) is 0 Å². The van der Waals surface area contributed by atoms with Crippen molar-refractivity contribution in [3.63, 3.8) is 0 Å². The lowest BCUT2D eigenvalue weighted by atomic mass is 10.1. The third-order valence-electron chi connectivity index (χ3n) is 3.36. The summed E-state index contributed by atoms with van der Waals surface area (Å²) >= 11 is 0. The first-order valence-electron chi connectivity index (χ1n) is 6.85. The fourth-order valence-corrected chi connectivity index (χ4v) is 2.25. The molecule has 0 amide bonds. The summed E-state index contributed by atoms with van der Waals surface area (Å²) in [5, 5.41) is 19.1. The van der Waals surface area contributed by atoms with Crippen LogP contribution in [0.15, 0.2) is 24.3 Å². The second-order valence-electron chi connectivity index (χ2n) is 4.81. The summed E-state index contributed by atoms with van der Waals surface area (Å²) in [7, 11) is 1.61. The van der Waals surface area contributed by atoms with Gasteiger partial charge < -0.3 is 20.7 Å². The van der Waals surface area contributed by atoms with Gasteiger partial charge >= 0.3 is 0 Å². The van der Waals surface area contributed by atoms with E-state index in [0.29, 0.717) is 25.5 Å². The standard InChI is InChI=1S/C15H21N3O3/c1-21-13-3-2-11-8-12(15(16)17-14(11)9-13)10-18(4-6-19)5-7-20/h2-3,8-9,19-20H,4-7,10H2,1H3,(H2,16,17). The molecule has 1 heterocycles. The highest BCUT2D eigenvalue weighted by Gasteiger charge is 2.10. The quantitative estimate of drug-likeness (QED) is 0.692. The van der Waals surface area contributed by atoms with Crippen LogP contribution in [0, 0.1) is 0 Å². The Morgan fingerprint density at radius 2 is 1.90 bits per heavy atom. The maximum Gasteiger partial charge on any atom is 0.128 e. The smallest absolute Gasteiger partial charge is 0.128 e. The van der Waals surface area contributed by atoms with Crippen molar-refractivity contribution in [1.29, 1.82) is 0 Å². The van der Waals surface area contributed by atoms with E-state index in [9.17, 15) is 0 Å². The zero-order chi connectivity index (χ0) is 15.2. The van der Waals surface area contributed by atoms with Crippen LogP contribution < -0.4 is 10.5 Å². The summed E-state index contributed by atoms with van der Waals surface area (Å²) in [6, 6.07) is 7.64. The van der Waals surface area contributed by atoms with Crippen LogP contribution in [0.4, 0.5) is 5.82 Å². The molecule has 0 saturated heterocycles. The van der Waals surface area contributed by atoms with Crippen molar-refractivity contribution in [2.45, 2.75) is 6.54 Å². The molecule has 0 fully saturated rings. The van der Waals surface area contributed by atoms with Gasteiger partial charge in [0, 0.05) is 36.7 Å². The Hall–Kier alpha value is -1.89. The van der Waals surface area contributed by atoms with E-state index in [1.807, 2.05) is 29.2 Å². The minimum Gasteiger partial charge on any atom is -0.497 e. The number of nitrogen functional groups attached to an aromatic ring is 1. The number of nitrogens with zero attached hydrogens (tertiary/aromatic N) is 2. The molecule has 0 bridgehead atoms. The first-order chi connectivity index (χ1) is 10.2. The van der Waals surface area contributed by atoms with Gasteiger partial charge in [-0.3, -0.25) is 4.90 Å². The molecule has 6 nitrogen and oxygen atoms in total. The molecular formula is C15H21N3O3. The molecule has 2 aromatic rings. The van der Waals surface area contributed by atoms with Gasteiger partial charge in [-0.25, -0.2) is 4.98 Å². The van der Waals surface area contributed by atoms with Crippen LogP contribution in [-0.4, -0.2) is 53.5 Å². The van der Waals surface area contributed by atoms with Gasteiger partial charge in [0.1, 0.15) is 11.6 Å². The van der Waals surface area contributed by atoms with Crippen LogP contribution in [0.25, 0.3) is 10.9 Å². The number of pyridine rings is 1. The zero-order valence-corrected chi connectivity index (χ0v) is 12.1. The lowest BCUT2D eigenvalue weighted by molar-refractivity contribution is 0.156. The topological polar surface area (TPSA) is 91.8 Å². The number of aromatic nitrogens is 1.